The third-order valence-corrected chi connectivity index (χ3v) is 4.79. The van der Waals surface area contributed by atoms with Crippen LogP contribution in [0.25, 0.3) is 0 Å². The lowest BCUT2D eigenvalue weighted by atomic mass is 10.0. The van der Waals surface area contributed by atoms with E-state index in [0.717, 1.165) is 0 Å². The molecule has 2 aromatic rings. The first-order valence-electron chi connectivity index (χ1n) is 10.1. The molecule has 1 atom stereocenters. The number of rotatable bonds is 9. The fraction of sp³-hybridized carbons (Fsp3) is 0.348. The van der Waals surface area contributed by atoms with Gasteiger partial charge in [0.1, 0.15) is 17.5 Å². The average Bonchev–Trinajstić information content (AvgIpc) is 2.84. The summed E-state index contributed by atoms with van der Waals surface area (Å²) in [6.45, 7) is 3.54. The number of ether oxygens (including phenoxy) is 4. The molecule has 33 heavy (non-hydrogen) atoms. The summed E-state index contributed by atoms with van der Waals surface area (Å²) in [5, 5.41) is 2.68. The monoisotopic (exact) mass is 459 g/mol. The van der Waals surface area contributed by atoms with Crippen LogP contribution in [0.15, 0.2) is 36.4 Å². The van der Waals surface area contributed by atoms with Crippen molar-refractivity contribution in [3.05, 3.63) is 47.5 Å². The van der Waals surface area contributed by atoms with Gasteiger partial charge in [0.25, 0.3) is 17.7 Å². The van der Waals surface area contributed by atoms with Gasteiger partial charge in [0, 0.05) is 17.2 Å². The number of methoxy groups -OCH3 is 4. The Hall–Kier alpha value is -3.95. The van der Waals surface area contributed by atoms with Crippen LogP contribution in [0.3, 0.4) is 0 Å². The van der Waals surface area contributed by atoms with Crippen molar-refractivity contribution in [3.8, 4) is 23.0 Å². The van der Waals surface area contributed by atoms with Crippen molar-refractivity contribution < 1.29 is 33.3 Å². The predicted octanol–water partition coefficient (Wildman–Crippen LogP) is 1.94. The SMILES string of the molecule is COc1cc(OC)cc(C(=O)N[C@@H](C(=O)NNC(=O)c2ccc(OC)c(OC)c2)C(C)C)c1. The highest BCUT2D eigenvalue weighted by molar-refractivity contribution is 5.99. The Morgan fingerprint density at radius 3 is 1.82 bits per heavy atom. The van der Waals surface area contributed by atoms with Gasteiger partial charge in [-0.3, -0.25) is 25.2 Å². The molecular weight excluding hydrogens is 430 g/mol. The maximum absolute atomic E-state index is 12.8. The van der Waals surface area contributed by atoms with Crippen molar-refractivity contribution in [2.45, 2.75) is 19.9 Å². The molecule has 10 nitrogen and oxygen atoms in total. The first-order valence-corrected chi connectivity index (χ1v) is 10.1. The molecule has 0 aromatic heterocycles. The Morgan fingerprint density at radius 1 is 0.697 bits per heavy atom. The van der Waals surface area contributed by atoms with Crippen molar-refractivity contribution >= 4 is 17.7 Å². The standard InChI is InChI=1S/C23H29N3O7/c1-13(2)20(24-21(27)15-9-16(30-3)12-17(10-15)31-4)23(29)26-25-22(28)14-7-8-18(32-5)19(11-14)33-6/h7-13,20H,1-6H3,(H,24,27)(H,25,28)(H,26,29)/t20-/m1/s1. The number of hydrogen-bond acceptors (Lipinski definition) is 7. The van der Waals surface area contributed by atoms with Crippen molar-refractivity contribution in [3.63, 3.8) is 0 Å². The summed E-state index contributed by atoms with van der Waals surface area (Å²) in [6.07, 6.45) is 0. The molecule has 178 valence electrons. The quantitative estimate of drug-likeness (QED) is 0.490. The molecule has 0 aliphatic rings. The van der Waals surface area contributed by atoms with Crippen molar-refractivity contribution in [1.82, 2.24) is 16.2 Å². The minimum atomic E-state index is -0.916. The van der Waals surface area contributed by atoms with Crippen LogP contribution in [0.5, 0.6) is 23.0 Å². The molecule has 0 aliphatic carbocycles. The van der Waals surface area contributed by atoms with E-state index in [9.17, 15) is 14.4 Å². The molecule has 2 aromatic carbocycles. The summed E-state index contributed by atoms with van der Waals surface area (Å²) in [6, 6.07) is 8.37. The zero-order valence-corrected chi connectivity index (χ0v) is 19.5. The van der Waals surface area contributed by atoms with E-state index in [0.29, 0.717) is 23.0 Å². The summed E-state index contributed by atoms with van der Waals surface area (Å²) in [7, 11) is 5.89. The molecule has 0 fully saturated rings. The van der Waals surface area contributed by atoms with Gasteiger partial charge >= 0.3 is 0 Å². The summed E-state index contributed by atoms with van der Waals surface area (Å²) in [5.41, 5.74) is 5.22. The second kappa shape index (κ2) is 11.6. The number of carbonyl (C=O) groups excluding carboxylic acids is 3. The molecule has 3 N–H and O–H groups in total. The van der Waals surface area contributed by atoms with Gasteiger partial charge in [0.05, 0.1) is 28.4 Å². The summed E-state index contributed by atoms with van der Waals surface area (Å²) >= 11 is 0. The van der Waals surface area contributed by atoms with Crippen molar-refractivity contribution in [2.24, 2.45) is 5.92 Å². The van der Waals surface area contributed by atoms with Crippen LogP contribution in [0, 0.1) is 5.92 Å². The fourth-order valence-corrected chi connectivity index (χ4v) is 2.94. The lowest BCUT2D eigenvalue weighted by Gasteiger charge is -2.22. The van der Waals surface area contributed by atoms with E-state index in [1.54, 1.807) is 26.0 Å². The second-order valence-electron chi connectivity index (χ2n) is 7.31. The lowest BCUT2D eigenvalue weighted by molar-refractivity contribution is -0.124. The smallest absolute Gasteiger partial charge is 0.269 e. The van der Waals surface area contributed by atoms with E-state index in [2.05, 4.69) is 16.2 Å². The number of amides is 3. The molecule has 2 rings (SSSR count). The molecule has 0 unspecified atom stereocenters. The summed E-state index contributed by atoms with van der Waals surface area (Å²) < 4.78 is 20.7. The van der Waals surface area contributed by atoms with Gasteiger partial charge in [0.15, 0.2) is 11.5 Å². The van der Waals surface area contributed by atoms with Crippen molar-refractivity contribution in [2.75, 3.05) is 28.4 Å². The molecule has 0 saturated heterocycles. The van der Waals surface area contributed by atoms with Crippen LogP contribution in [0.2, 0.25) is 0 Å². The molecule has 3 amide bonds. The third-order valence-electron chi connectivity index (χ3n) is 4.79. The van der Waals surface area contributed by atoms with E-state index in [1.165, 1.54) is 52.7 Å². The number of benzene rings is 2. The number of hydrogen-bond donors (Lipinski definition) is 3. The Labute approximate surface area is 192 Å². The van der Waals surface area contributed by atoms with Gasteiger partial charge in [-0.05, 0) is 36.2 Å². The highest BCUT2D eigenvalue weighted by atomic mass is 16.5. The normalized spacial score (nSPS) is 11.2. The molecule has 0 bridgehead atoms. The van der Waals surface area contributed by atoms with E-state index < -0.39 is 23.8 Å². The van der Waals surface area contributed by atoms with E-state index >= 15 is 0 Å². The highest BCUT2D eigenvalue weighted by Gasteiger charge is 2.26. The lowest BCUT2D eigenvalue weighted by Crippen LogP contribution is -2.54. The Balaban J connectivity index is 2.08. The first-order chi connectivity index (χ1) is 15.7. The Bertz CT molecular complexity index is 985. The van der Waals surface area contributed by atoms with Crippen LogP contribution in [-0.4, -0.2) is 52.2 Å². The van der Waals surface area contributed by atoms with Crippen LogP contribution in [-0.2, 0) is 4.79 Å². The summed E-state index contributed by atoms with van der Waals surface area (Å²) in [4.78, 5) is 38.0. The third kappa shape index (κ3) is 6.52. The van der Waals surface area contributed by atoms with Crippen LogP contribution in [0.1, 0.15) is 34.6 Å². The van der Waals surface area contributed by atoms with E-state index in [1.807, 2.05) is 0 Å². The minimum absolute atomic E-state index is 0.251. The van der Waals surface area contributed by atoms with Crippen molar-refractivity contribution in [1.29, 1.82) is 0 Å². The van der Waals surface area contributed by atoms with Gasteiger partial charge in [-0.2, -0.15) is 0 Å². The van der Waals surface area contributed by atoms with E-state index in [-0.39, 0.29) is 17.0 Å². The second-order valence-corrected chi connectivity index (χ2v) is 7.31. The van der Waals surface area contributed by atoms with Gasteiger partial charge in [-0.1, -0.05) is 13.8 Å². The minimum Gasteiger partial charge on any atom is -0.497 e. The van der Waals surface area contributed by atoms with Crippen LogP contribution in [0.4, 0.5) is 0 Å². The summed E-state index contributed by atoms with van der Waals surface area (Å²) in [5.74, 6) is -0.184. The number of carbonyl (C=O) groups is 3. The van der Waals surface area contributed by atoms with Crippen LogP contribution >= 0.6 is 0 Å². The Morgan fingerprint density at radius 2 is 1.30 bits per heavy atom. The van der Waals surface area contributed by atoms with Gasteiger partial charge < -0.3 is 24.3 Å². The maximum Gasteiger partial charge on any atom is 0.269 e. The number of hydrazine groups is 1. The molecule has 0 spiro atoms. The largest absolute Gasteiger partial charge is 0.497 e. The Kier molecular flexibility index (Phi) is 8.90. The fourth-order valence-electron chi connectivity index (χ4n) is 2.94. The van der Waals surface area contributed by atoms with Gasteiger partial charge in [-0.15, -0.1) is 0 Å². The molecule has 0 aliphatic heterocycles. The topological polar surface area (TPSA) is 124 Å². The number of nitrogens with one attached hydrogen (secondary N) is 3. The van der Waals surface area contributed by atoms with Crippen LogP contribution < -0.4 is 35.1 Å². The molecule has 0 heterocycles. The molecule has 0 radical (unpaired) electrons. The average molecular weight is 459 g/mol. The van der Waals surface area contributed by atoms with Gasteiger partial charge in [-0.25, -0.2) is 0 Å². The first kappa shape index (κ1) is 25.3. The highest BCUT2D eigenvalue weighted by Crippen LogP contribution is 2.27. The zero-order valence-electron chi connectivity index (χ0n) is 19.5. The van der Waals surface area contributed by atoms with Gasteiger partial charge in [0.2, 0.25) is 0 Å². The predicted molar refractivity (Wildman–Crippen MR) is 121 cm³/mol. The zero-order chi connectivity index (χ0) is 24.5. The van der Waals surface area contributed by atoms with E-state index in [4.69, 9.17) is 18.9 Å². The molecule has 10 heteroatoms. The maximum atomic E-state index is 12.8. The molecular formula is C23H29N3O7. The molecule has 0 saturated carbocycles.